The maximum Gasteiger partial charge on any atom is 0.168 e. The summed E-state index contributed by atoms with van der Waals surface area (Å²) in [6.45, 7) is 1.91. The zero-order valence-electron chi connectivity index (χ0n) is 12.3. The largest absolute Gasteiger partial charge is 0.497 e. The normalized spacial score (nSPS) is 13.5. The van der Waals surface area contributed by atoms with Gasteiger partial charge in [0.2, 0.25) is 0 Å². The molecule has 2 aromatic rings. The molecule has 21 heavy (non-hydrogen) atoms. The second-order valence-corrected chi connectivity index (χ2v) is 4.96. The highest BCUT2D eigenvalue weighted by Crippen LogP contribution is 2.28. The summed E-state index contributed by atoms with van der Waals surface area (Å²) in [6.07, 6.45) is -0.202. The van der Waals surface area contributed by atoms with Crippen LogP contribution in [0.1, 0.15) is 35.4 Å². The molecular weight excluding hydrogens is 264 g/mol. The average Bonchev–Trinajstić information content (AvgIpc) is 2.56. The van der Waals surface area contributed by atoms with Crippen molar-refractivity contribution in [2.24, 2.45) is 5.92 Å². The molecule has 0 spiro atoms. The molecule has 0 heterocycles. The number of aliphatic hydroxyl groups excluding tert-OH is 1. The van der Waals surface area contributed by atoms with Crippen molar-refractivity contribution < 1.29 is 14.6 Å². The molecule has 0 radical (unpaired) electrons. The zero-order valence-corrected chi connectivity index (χ0v) is 12.3. The highest BCUT2D eigenvalue weighted by atomic mass is 16.5. The molecule has 0 aliphatic carbocycles. The van der Waals surface area contributed by atoms with E-state index in [0.717, 1.165) is 5.56 Å². The van der Waals surface area contributed by atoms with Gasteiger partial charge in [-0.1, -0.05) is 37.3 Å². The number of methoxy groups -OCH3 is 1. The van der Waals surface area contributed by atoms with Gasteiger partial charge in [0, 0.05) is 5.56 Å². The van der Waals surface area contributed by atoms with Gasteiger partial charge in [-0.05, 0) is 36.2 Å². The zero-order chi connectivity index (χ0) is 15.2. The van der Waals surface area contributed by atoms with E-state index in [-0.39, 0.29) is 5.78 Å². The second kappa shape index (κ2) is 7.04. The molecule has 0 aromatic heterocycles. The van der Waals surface area contributed by atoms with Gasteiger partial charge in [0.25, 0.3) is 0 Å². The van der Waals surface area contributed by atoms with Crippen LogP contribution in [0.15, 0.2) is 54.6 Å². The topological polar surface area (TPSA) is 46.5 Å². The fourth-order valence-corrected chi connectivity index (χ4v) is 2.40. The second-order valence-electron chi connectivity index (χ2n) is 4.96. The van der Waals surface area contributed by atoms with Crippen molar-refractivity contribution in [3.63, 3.8) is 0 Å². The van der Waals surface area contributed by atoms with E-state index in [1.54, 1.807) is 31.4 Å². The minimum absolute atomic E-state index is 0.0449. The fourth-order valence-electron chi connectivity index (χ4n) is 2.40. The number of ether oxygens (including phenoxy) is 1. The van der Waals surface area contributed by atoms with Crippen LogP contribution in [-0.4, -0.2) is 18.0 Å². The smallest absolute Gasteiger partial charge is 0.168 e. The quantitative estimate of drug-likeness (QED) is 0.824. The lowest BCUT2D eigenvalue weighted by Gasteiger charge is -2.21. The lowest BCUT2D eigenvalue weighted by molar-refractivity contribution is 0.0667. The highest BCUT2D eigenvalue weighted by Gasteiger charge is 2.27. The van der Waals surface area contributed by atoms with Gasteiger partial charge in [-0.3, -0.25) is 4.79 Å². The molecule has 0 saturated heterocycles. The van der Waals surface area contributed by atoms with Crippen LogP contribution in [0, 0.1) is 5.92 Å². The van der Waals surface area contributed by atoms with Crippen LogP contribution in [0.5, 0.6) is 5.75 Å². The first kappa shape index (κ1) is 15.3. The third-order valence-corrected chi connectivity index (χ3v) is 3.67. The van der Waals surface area contributed by atoms with Crippen molar-refractivity contribution in [2.45, 2.75) is 19.4 Å². The van der Waals surface area contributed by atoms with E-state index in [1.807, 2.05) is 37.3 Å². The SMILES string of the molecule is CC[C@H](C(=O)c1ccc(OC)cc1)[C@H](O)c1ccccc1. The molecule has 0 saturated carbocycles. The Bertz CT molecular complexity index is 575. The molecule has 3 nitrogen and oxygen atoms in total. The van der Waals surface area contributed by atoms with Crippen molar-refractivity contribution in [2.75, 3.05) is 7.11 Å². The molecule has 1 N–H and O–H groups in total. The molecule has 2 atom stereocenters. The van der Waals surface area contributed by atoms with Crippen molar-refractivity contribution in [3.05, 3.63) is 65.7 Å². The van der Waals surface area contributed by atoms with E-state index in [2.05, 4.69) is 0 Å². The van der Waals surface area contributed by atoms with Gasteiger partial charge in [0.1, 0.15) is 5.75 Å². The van der Waals surface area contributed by atoms with E-state index in [4.69, 9.17) is 4.74 Å². The van der Waals surface area contributed by atoms with Crippen molar-refractivity contribution in [1.82, 2.24) is 0 Å². The maximum absolute atomic E-state index is 12.6. The third-order valence-electron chi connectivity index (χ3n) is 3.67. The van der Waals surface area contributed by atoms with Gasteiger partial charge in [-0.25, -0.2) is 0 Å². The first-order valence-corrected chi connectivity index (χ1v) is 7.08. The number of hydrogen-bond donors (Lipinski definition) is 1. The Morgan fingerprint density at radius 3 is 2.24 bits per heavy atom. The summed E-state index contributed by atoms with van der Waals surface area (Å²) in [4.78, 5) is 12.6. The minimum Gasteiger partial charge on any atom is -0.497 e. The maximum atomic E-state index is 12.6. The molecule has 3 heteroatoms. The molecule has 2 rings (SSSR count). The van der Waals surface area contributed by atoms with Crippen molar-refractivity contribution in [1.29, 1.82) is 0 Å². The molecule has 110 valence electrons. The number of ketones is 1. The summed E-state index contributed by atoms with van der Waals surface area (Å²) in [5.41, 5.74) is 1.36. The number of carbonyl (C=O) groups is 1. The van der Waals surface area contributed by atoms with Crippen LogP contribution in [0.2, 0.25) is 0 Å². The van der Waals surface area contributed by atoms with Crippen LogP contribution >= 0.6 is 0 Å². The predicted molar refractivity (Wildman–Crippen MR) is 82.5 cm³/mol. The monoisotopic (exact) mass is 284 g/mol. The number of benzene rings is 2. The first-order valence-electron chi connectivity index (χ1n) is 7.08. The number of aliphatic hydroxyl groups is 1. The summed E-state index contributed by atoms with van der Waals surface area (Å²) in [6, 6.07) is 16.3. The molecule has 2 aromatic carbocycles. The molecule has 0 aliphatic rings. The van der Waals surface area contributed by atoms with Crippen molar-refractivity contribution >= 4 is 5.78 Å². The molecule has 0 unspecified atom stereocenters. The average molecular weight is 284 g/mol. The summed E-state index contributed by atoms with van der Waals surface area (Å²) in [5, 5.41) is 10.5. The Morgan fingerprint density at radius 2 is 1.71 bits per heavy atom. The standard InChI is InChI=1S/C18H20O3/c1-3-16(17(19)13-7-5-4-6-8-13)18(20)14-9-11-15(21-2)12-10-14/h4-12,16-17,19H,3H2,1-2H3/t16-,17+/m0/s1. The third kappa shape index (κ3) is 3.50. The highest BCUT2D eigenvalue weighted by molar-refractivity contribution is 5.98. The first-order chi connectivity index (χ1) is 10.2. The lowest BCUT2D eigenvalue weighted by atomic mass is 9.87. The van der Waals surface area contributed by atoms with Crippen LogP contribution in [0.25, 0.3) is 0 Å². The summed E-state index contributed by atoms with van der Waals surface area (Å²) in [5.74, 6) is 0.223. The summed E-state index contributed by atoms with van der Waals surface area (Å²) in [7, 11) is 1.59. The Labute approximate surface area is 125 Å². The van der Waals surface area contributed by atoms with E-state index in [1.165, 1.54) is 0 Å². The van der Waals surface area contributed by atoms with Crippen LogP contribution in [-0.2, 0) is 0 Å². The Hall–Kier alpha value is -2.13. The molecule has 0 amide bonds. The molecule has 0 aliphatic heterocycles. The van der Waals surface area contributed by atoms with Gasteiger partial charge in [-0.15, -0.1) is 0 Å². The number of Topliss-reactive ketones (excluding diaryl/α,β-unsaturated/α-hetero) is 1. The Kier molecular flexibility index (Phi) is 5.12. The number of hydrogen-bond acceptors (Lipinski definition) is 3. The number of rotatable bonds is 6. The minimum atomic E-state index is -0.786. The molecule has 0 bridgehead atoms. The van der Waals surface area contributed by atoms with E-state index in [9.17, 15) is 9.90 Å². The van der Waals surface area contributed by atoms with Crippen LogP contribution in [0.4, 0.5) is 0 Å². The van der Waals surface area contributed by atoms with Gasteiger partial charge in [0.05, 0.1) is 19.1 Å². The van der Waals surface area contributed by atoms with Gasteiger partial charge in [-0.2, -0.15) is 0 Å². The molecule has 0 fully saturated rings. The van der Waals surface area contributed by atoms with Gasteiger partial charge < -0.3 is 9.84 Å². The Morgan fingerprint density at radius 1 is 1.10 bits per heavy atom. The van der Waals surface area contributed by atoms with Gasteiger partial charge in [0.15, 0.2) is 5.78 Å². The van der Waals surface area contributed by atoms with Crippen LogP contribution < -0.4 is 4.74 Å². The fraction of sp³-hybridized carbons (Fsp3) is 0.278. The molecular formula is C18H20O3. The van der Waals surface area contributed by atoms with E-state index < -0.39 is 12.0 Å². The summed E-state index contributed by atoms with van der Waals surface area (Å²) >= 11 is 0. The van der Waals surface area contributed by atoms with Crippen molar-refractivity contribution in [3.8, 4) is 5.75 Å². The summed E-state index contributed by atoms with van der Waals surface area (Å²) < 4.78 is 5.09. The van der Waals surface area contributed by atoms with E-state index >= 15 is 0 Å². The lowest BCUT2D eigenvalue weighted by Crippen LogP contribution is -2.22. The number of carbonyl (C=O) groups excluding carboxylic acids is 1. The van der Waals surface area contributed by atoms with Gasteiger partial charge >= 0.3 is 0 Å². The van der Waals surface area contributed by atoms with E-state index in [0.29, 0.717) is 17.7 Å². The van der Waals surface area contributed by atoms with Crippen LogP contribution in [0.3, 0.4) is 0 Å². The predicted octanol–water partition coefficient (Wildman–Crippen LogP) is 3.64. The Balaban J connectivity index is 2.21.